The Morgan fingerprint density at radius 3 is 2.39 bits per heavy atom. The number of aryl methyl sites for hydroxylation is 1. The van der Waals surface area contributed by atoms with Gasteiger partial charge < -0.3 is 23.7 Å². The van der Waals surface area contributed by atoms with Gasteiger partial charge >= 0.3 is 12.1 Å². The van der Waals surface area contributed by atoms with Gasteiger partial charge in [0.15, 0.2) is 11.6 Å². The summed E-state index contributed by atoms with van der Waals surface area (Å²) in [4.78, 5) is 22.8. The smallest absolute Gasteiger partial charge is 0.493 e. The van der Waals surface area contributed by atoms with Gasteiger partial charge in [-0.1, -0.05) is 32.1 Å². The van der Waals surface area contributed by atoms with Gasteiger partial charge in [0, 0.05) is 5.57 Å². The lowest BCUT2D eigenvalue weighted by Crippen LogP contribution is -2.31. The van der Waals surface area contributed by atoms with Crippen molar-refractivity contribution in [2.75, 3.05) is 33.0 Å². The minimum Gasteiger partial charge on any atom is -0.493 e. The Morgan fingerprint density at radius 2 is 1.72 bits per heavy atom. The molecule has 0 aromatic heterocycles. The Hall–Kier alpha value is -3.55. The first-order chi connectivity index (χ1) is 17.4. The predicted octanol–water partition coefficient (Wildman–Crippen LogP) is 5.89. The lowest BCUT2D eigenvalue weighted by Gasteiger charge is -2.22. The average molecular weight is 501 g/mol. The van der Waals surface area contributed by atoms with Gasteiger partial charge in [-0.2, -0.15) is 0 Å². The average Bonchev–Trinajstić information content (AvgIpc) is 2.87. The SMILES string of the molecule is C=C(C)C(=O)OCCCc1cc(-c2ccc(OCCCC)c(F)c2)ccc1OCC1COC(=O)OC1. The van der Waals surface area contributed by atoms with E-state index in [1.807, 2.05) is 24.3 Å². The van der Waals surface area contributed by atoms with Crippen LogP contribution >= 0.6 is 0 Å². The number of cyclic esters (lactones) is 2. The van der Waals surface area contributed by atoms with Gasteiger partial charge in [0.2, 0.25) is 0 Å². The molecule has 1 heterocycles. The number of benzene rings is 2. The summed E-state index contributed by atoms with van der Waals surface area (Å²) in [5, 5.41) is 0. The van der Waals surface area contributed by atoms with Crippen LogP contribution in [0.3, 0.4) is 0 Å². The van der Waals surface area contributed by atoms with Crippen molar-refractivity contribution in [3.8, 4) is 22.6 Å². The molecule has 194 valence electrons. The maximum atomic E-state index is 14.6. The van der Waals surface area contributed by atoms with Crippen LogP contribution in [0.4, 0.5) is 9.18 Å². The molecule has 8 heteroatoms. The zero-order chi connectivity index (χ0) is 25.9. The van der Waals surface area contributed by atoms with E-state index in [1.54, 1.807) is 13.0 Å². The number of unbranched alkanes of at least 4 members (excludes halogenated alkanes) is 1. The van der Waals surface area contributed by atoms with Crippen LogP contribution in [-0.2, 0) is 25.4 Å². The number of ether oxygens (including phenoxy) is 5. The largest absolute Gasteiger partial charge is 0.508 e. The quantitative estimate of drug-likeness (QED) is 0.193. The van der Waals surface area contributed by atoms with Crippen LogP contribution in [0.15, 0.2) is 48.6 Å². The highest BCUT2D eigenvalue weighted by Gasteiger charge is 2.22. The van der Waals surface area contributed by atoms with Crippen LogP contribution < -0.4 is 9.47 Å². The monoisotopic (exact) mass is 500 g/mol. The van der Waals surface area contributed by atoms with Gasteiger partial charge in [0.1, 0.15) is 19.0 Å². The number of hydrogen-bond donors (Lipinski definition) is 0. The van der Waals surface area contributed by atoms with E-state index in [2.05, 4.69) is 13.5 Å². The van der Waals surface area contributed by atoms with Gasteiger partial charge in [0.25, 0.3) is 0 Å². The van der Waals surface area contributed by atoms with Crippen LogP contribution in [0.1, 0.15) is 38.7 Å². The summed E-state index contributed by atoms with van der Waals surface area (Å²) in [6.45, 7) is 8.72. The lowest BCUT2D eigenvalue weighted by molar-refractivity contribution is -0.139. The van der Waals surface area contributed by atoms with Crippen molar-refractivity contribution < 1.29 is 37.7 Å². The predicted molar refractivity (Wildman–Crippen MR) is 133 cm³/mol. The van der Waals surface area contributed by atoms with Gasteiger partial charge in [-0.25, -0.2) is 14.0 Å². The van der Waals surface area contributed by atoms with Crippen LogP contribution in [0.25, 0.3) is 11.1 Å². The molecule has 1 aliphatic rings. The van der Waals surface area contributed by atoms with Crippen molar-refractivity contribution >= 4 is 12.1 Å². The molecule has 36 heavy (non-hydrogen) atoms. The highest BCUT2D eigenvalue weighted by atomic mass is 19.1. The second-order valence-corrected chi connectivity index (χ2v) is 8.74. The summed E-state index contributed by atoms with van der Waals surface area (Å²) in [6.07, 6.45) is 2.31. The Bertz CT molecular complexity index is 1060. The number of carbonyl (C=O) groups excluding carboxylic acids is 2. The third kappa shape index (κ3) is 8.00. The van der Waals surface area contributed by atoms with E-state index in [0.29, 0.717) is 42.9 Å². The first kappa shape index (κ1) is 27.0. The summed E-state index contributed by atoms with van der Waals surface area (Å²) >= 11 is 0. The molecule has 0 spiro atoms. The Labute approximate surface area is 211 Å². The van der Waals surface area contributed by atoms with Crippen molar-refractivity contribution in [2.45, 2.75) is 39.5 Å². The van der Waals surface area contributed by atoms with E-state index in [-0.39, 0.29) is 31.5 Å². The fourth-order valence-corrected chi connectivity index (χ4v) is 3.54. The number of halogens is 1. The molecule has 3 rings (SSSR count). The fraction of sp³-hybridized carbons (Fsp3) is 0.429. The topological polar surface area (TPSA) is 80.3 Å². The lowest BCUT2D eigenvalue weighted by atomic mass is 9.99. The molecule has 2 aromatic rings. The van der Waals surface area contributed by atoms with E-state index < -0.39 is 17.9 Å². The highest BCUT2D eigenvalue weighted by Crippen LogP contribution is 2.31. The molecule has 0 amide bonds. The zero-order valence-electron chi connectivity index (χ0n) is 20.8. The van der Waals surface area contributed by atoms with Gasteiger partial charge in [0.05, 0.1) is 25.7 Å². The zero-order valence-corrected chi connectivity index (χ0v) is 20.8. The fourth-order valence-electron chi connectivity index (χ4n) is 3.54. The second-order valence-electron chi connectivity index (χ2n) is 8.74. The maximum absolute atomic E-state index is 14.6. The molecular formula is C28H33FO7. The number of carbonyl (C=O) groups is 2. The number of rotatable bonds is 13. The van der Waals surface area contributed by atoms with Crippen molar-refractivity contribution in [1.82, 2.24) is 0 Å². The molecule has 0 N–H and O–H groups in total. The van der Waals surface area contributed by atoms with E-state index in [0.717, 1.165) is 24.0 Å². The molecule has 1 fully saturated rings. The van der Waals surface area contributed by atoms with Crippen molar-refractivity contribution in [1.29, 1.82) is 0 Å². The van der Waals surface area contributed by atoms with Crippen LogP contribution in [0.5, 0.6) is 11.5 Å². The molecule has 0 unspecified atom stereocenters. The third-order valence-corrected chi connectivity index (χ3v) is 5.60. The summed E-state index contributed by atoms with van der Waals surface area (Å²) < 4.78 is 41.2. The molecule has 1 aliphatic heterocycles. The summed E-state index contributed by atoms with van der Waals surface area (Å²) in [5.74, 6) is -0.0297. The highest BCUT2D eigenvalue weighted by molar-refractivity contribution is 5.86. The number of esters is 1. The first-order valence-electron chi connectivity index (χ1n) is 12.2. The Morgan fingerprint density at radius 1 is 1.03 bits per heavy atom. The molecule has 0 bridgehead atoms. The summed E-state index contributed by atoms with van der Waals surface area (Å²) in [7, 11) is 0. The van der Waals surface area contributed by atoms with Crippen molar-refractivity contribution in [3.63, 3.8) is 0 Å². The van der Waals surface area contributed by atoms with Crippen molar-refractivity contribution in [3.05, 3.63) is 59.9 Å². The van der Waals surface area contributed by atoms with Crippen LogP contribution in [0, 0.1) is 11.7 Å². The van der Waals surface area contributed by atoms with Gasteiger partial charge in [-0.15, -0.1) is 0 Å². The standard InChI is InChI=1S/C28H33FO7/c1-4-5-12-32-26-11-9-22(15-24(26)29)21-8-10-25(34-16-20-17-35-28(31)36-18-20)23(14-21)7-6-13-33-27(30)19(2)3/h8-11,14-15,20H,2,4-7,12-13,16-18H2,1,3H3. The van der Waals surface area contributed by atoms with Crippen LogP contribution in [0.2, 0.25) is 0 Å². The minimum absolute atomic E-state index is 0.0823. The molecule has 0 atom stereocenters. The molecule has 0 aliphatic carbocycles. The van der Waals surface area contributed by atoms with Gasteiger partial charge in [-0.3, -0.25) is 0 Å². The molecule has 7 nitrogen and oxygen atoms in total. The van der Waals surface area contributed by atoms with E-state index >= 15 is 0 Å². The minimum atomic E-state index is -0.672. The van der Waals surface area contributed by atoms with E-state index in [4.69, 9.17) is 23.7 Å². The normalized spacial score (nSPS) is 13.5. The maximum Gasteiger partial charge on any atom is 0.508 e. The molecular weight excluding hydrogens is 467 g/mol. The summed E-state index contributed by atoms with van der Waals surface area (Å²) in [5.41, 5.74) is 2.77. The Kier molecular flexibility index (Phi) is 10.2. The first-order valence-corrected chi connectivity index (χ1v) is 12.2. The van der Waals surface area contributed by atoms with E-state index in [9.17, 15) is 14.0 Å². The third-order valence-electron chi connectivity index (χ3n) is 5.60. The Balaban J connectivity index is 1.73. The molecule has 0 saturated carbocycles. The van der Waals surface area contributed by atoms with E-state index in [1.165, 1.54) is 6.07 Å². The van der Waals surface area contributed by atoms with Crippen LogP contribution in [-0.4, -0.2) is 45.2 Å². The summed E-state index contributed by atoms with van der Waals surface area (Å²) in [6, 6.07) is 10.6. The molecule has 1 saturated heterocycles. The van der Waals surface area contributed by atoms with Crippen molar-refractivity contribution in [2.24, 2.45) is 5.92 Å². The number of hydrogen-bond acceptors (Lipinski definition) is 7. The molecule has 2 aromatic carbocycles. The second kappa shape index (κ2) is 13.5. The van der Waals surface area contributed by atoms with Gasteiger partial charge in [-0.05, 0) is 67.1 Å². The molecule has 0 radical (unpaired) electrons.